The van der Waals surface area contributed by atoms with Gasteiger partial charge in [-0.25, -0.2) is 18.0 Å². The summed E-state index contributed by atoms with van der Waals surface area (Å²) in [5.41, 5.74) is -0.982. The molecule has 0 aliphatic heterocycles. The largest absolute Gasteiger partial charge is 0.462 e. The van der Waals surface area contributed by atoms with Gasteiger partial charge in [-0.1, -0.05) is 60.7 Å². The molecule has 6 nitrogen and oxygen atoms in total. The topological polar surface area (TPSA) is 74.6 Å². The lowest BCUT2D eigenvalue weighted by Crippen LogP contribution is -2.25. The highest BCUT2D eigenvalue weighted by molar-refractivity contribution is 5.94. The second-order valence-corrected chi connectivity index (χ2v) is 7.79. The molecule has 0 bridgehead atoms. The van der Waals surface area contributed by atoms with E-state index in [0.717, 1.165) is 10.8 Å². The number of rotatable bonds is 7. The zero-order valence-corrected chi connectivity index (χ0v) is 19.0. The molecule has 184 valence electrons. The number of halogens is 3. The van der Waals surface area contributed by atoms with Gasteiger partial charge in [0.1, 0.15) is 12.1 Å². The molecular weight excluding hydrogens is 475 g/mol. The predicted molar refractivity (Wildman–Crippen MR) is 125 cm³/mol. The van der Waals surface area contributed by atoms with Crippen molar-refractivity contribution in [3.63, 3.8) is 0 Å². The molecule has 0 aliphatic carbocycles. The van der Waals surface area contributed by atoms with Crippen LogP contribution in [0.15, 0.2) is 77.7 Å². The van der Waals surface area contributed by atoms with Gasteiger partial charge in [0.05, 0.1) is 17.5 Å². The van der Waals surface area contributed by atoms with Crippen molar-refractivity contribution in [1.82, 2.24) is 4.57 Å². The van der Waals surface area contributed by atoms with Crippen LogP contribution >= 0.6 is 0 Å². The summed E-state index contributed by atoms with van der Waals surface area (Å²) in [6.45, 7) is 0.735. The van der Waals surface area contributed by atoms with Crippen LogP contribution in [0.3, 0.4) is 0 Å². The maximum absolute atomic E-state index is 14.8. The average Bonchev–Trinajstić information content (AvgIpc) is 2.88. The summed E-state index contributed by atoms with van der Waals surface area (Å²) in [6.07, 6.45) is 0.0544. The zero-order chi connectivity index (χ0) is 25.8. The number of esters is 2. The zero-order valence-electron chi connectivity index (χ0n) is 19.0. The Morgan fingerprint density at radius 3 is 2.06 bits per heavy atom. The number of pyridine rings is 1. The normalized spacial score (nSPS) is 11.0. The molecule has 0 N–H and O–H groups in total. The summed E-state index contributed by atoms with van der Waals surface area (Å²) < 4.78 is 54.2. The van der Waals surface area contributed by atoms with Crippen LogP contribution in [-0.4, -0.2) is 23.1 Å². The molecule has 1 heterocycles. The third kappa shape index (κ3) is 4.86. The second-order valence-electron chi connectivity index (χ2n) is 7.79. The van der Waals surface area contributed by atoms with Crippen molar-refractivity contribution < 1.29 is 32.2 Å². The van der Waals surface area contributed by atoms with Crippen LogP contribution in [0, 0.1) is 17.5 Å². The Labute approximate surface area is 203 Å². The van der Waals surface area contributed by atoms with Crippen LogP contribution in [0.5, 0.6) is 0 Å². The van der Waals surface area contributed by atoms with Crippen LogP contribution in [0.25, 0.3) is 10.9 Å². The number of benzene rings is 3. The minimum Gasteiger partial charge on any atom is -0.462 e. The van der Waals surface area contributed by atoms with E-state index in [9.17, 15) is 27.6 Å². The highest BCUT2D eigenvalue weighted by Gasteiger charge is 2.25. The Morgan fingerprint density at radius 2 is 1.50 bits per heavy atom. The molecule has 4 aromatic rings. The highest BCUT2D eigenvalue weighted by atomic mass is 19.2. The third-order valence-corrected chi connectivity index (χ3v) is 5.45. The molecule has 4 rings (SSSR count). The minimum atomic E-state index is -1.82. The first kappa shape index (κ1) is 24.7. The Balaban J connectivity index is 1.78. The van der Waals surface area contributed by atoms with Crippen LogP contribution in [0.4, 0.5) is 13.2 Å². The third-order valence-electron chi connectivity index (χ3n) is 5.45. The highest BCUT2D eigenvalue weighted by Crippen LogP contribution is 2.27. The van der Waals surface area contributed by atoms with Crippen molar-refractivity contribution in [2.45, 2.75) is 19.6 Å². The number of nitrogens with zero attached hydrogens (tertiary/aromatic N) is 1. The molecule has 0 saturated carbocycles. The summed E-state index contributed by atoms with van der Waals surface area (Å²) in [4.78, 5) is 38.1. The smallest absolute Gasteiger partial charge is 0.343 e. The second kappa shape index (κ2) is 10.5. The van der Waals surface area contributed by atoms with Gasteiger partial charge in [0.2, 0.25) is 5.43 Å². The van der Waals surface area contributed by atoms with E-state index in [-0.39, 0.29) is 6.61 Å². The summed E-state index contributed by atoms with van der Waals surface area (Å²) >= 11 is 0. The molecule has 0 unspecified atom stereocenters. The van der Waals surface area contributed by atoms with E-state index >= 15 is 0 Å². The molecule has 0 atom stereocenters. The molecule has 0 saturated heterocycles. The van der Waals surface area contributed by atoms with E-state index in [4.69, 9.17) is 9.47 Å². The standard InChI is InChI=1S/C27H20F3NO5/c1-2-35-27(34)19-14-31(24-18(25(19)33)13-20(28)22(29)23(24)30)15-21(32)36-26(16-9-5-3-6-10-16)17-11-7-4-8-12-17/h3-14,26H,2,15H2,1H3. The Hall–Kier alpha value is -4.40. The Bertz CT molecular complexity index is 1450. The van der Waals surface area contributed by atoms with Gasteiger partial charge in [-0.15, -0.1) is 0 Å². The molecule has 0 aliphatic rings. The minimum absolute atomic E-state index is 0.0691. The van der Waals surface area contributed by atoms with E-state index in [1.807, 2.05) is 0 Å². The SMILES string of the molecule is CCOC(=O)c1cn(CC(=O)OC(c2ccccc2)c2ccccc2)c2c(F)c(F)c(F)cc2c1=O. The van der Waals surface area contributed by atoms with E-state index in [1.54, 1.807) is 60.7 Å². The maximum atomic E-state index is 14.8. The van der Waals surface area contributed by atoms with Gasteiger partial charge in [-0.05, 0) is 24.1 Å². The van der Waals surface area contributed by atoms with Crippen molar-refractivity contribution in [3.05, 3.63) is 117 Å². The van der Waals surface area contributed by atoms with Crippen LogP contribution in [-0.2, 0) is 20.8 Å². The van der Waals surface area contributed by atoms with Crippen LogP contribution < -0.4 is 5.43 Å². The van der Waals surface area contributed by atoms with Crippen LogP contribution in [0.1, 0.15) is 34.5 Å². The summed E-state index contributed by atoms with van der Waals surface area (Å²) in [5.74, 6) is -7.03. The Kier molecular flexibility index (Phi) is 7.19. The first-order valence-electron chi connectivity index (χ1n) is 11.0. The fraction of sp³-hybridized carbons (Fsp3) is 0.148. The van der Waals surface area contributed by atoms with Gasteiger partial charge >= 0.3 is 11.9 Å². The number of hydrogen-bond acceptors (Lipinski definition) is 5. The number of fused-ring (bicyclic) bond motifs is 1. The van der Waals surface area contributed by atoms with Gasteiger partial charge in [0, 0.05) is 6.20 Å². The molecule has 0 spiro atoms. The summed E-state index contributed by atoms with van der Waals surface area (Å²) in [5, 5.41) is -0.618. The first-order valence-corrected chi connectivity index (χ1v) is 11.0. The molecule has 0 radical (unpaired) electrons. The van der Waals surface area contributed by atoms with E-state index in [0.29, 0.717) is 17.2 Å². The van der Waals surface area contributed by atoms with Gasteiger partial charge in [-0.3, -0.25) is 9.59 Å². The molecule has 0 fully saturated rings. The quantitative estimate of drug-likeness (QED) is 0.269. The molecule has 0 amide bonds. The van der Waals surface area contributed by atoms with E-state index in [2.05, 4.69) is 0 Å². The number of hydrogen-bond donors (Lipinski definition) is 0. The number of carbonyl (C=O) groups excluding carboxylic acids is 2. The van der Waals surface area contributed by atoms with Crippen LogP contribution in [0.2, 0.25) is 0 Å². The average molecular weight is 495 g/mol. The molecular formula is C27H20F3NO5. The van der Waals surface area contributed by atoms with Crippen molar-refractivity contribution in [2.24, 2.45) is 0 Å². The summed E-state index contributed by atoms with van der Waals surface area (Å²) in [6, 6.07) is 18.2. The van der Waals surface area contributed by atoms with Crippen molar-refractivity contribution in [3.8, 4) is 0 Å². The first-order chi connectivity index (χ1) is 17.3. The van der Waals surface area contributed by atoms with Gasteiger partial charge < -0.3 is 14.0 Å². The predicted octanol–water partition coefficient (Wildman–Crippen LogP) is 4.93. The van der Waals surface area contributed by atoms with Crippen molar-refractivity contribution in [1.29, 1.82) is 0 Å². The fourth-order valence-electron chi connectivity index (χ4n) is 3.83. The van der Waals surface area contributed by atoms with Gasteiger partial charge in [0.25, 0.3) is 0 Å². The number of aromatic nitrogens is 1. The number of carbonyl (C=O) groups is 2. The molecule has 3 aromatic carbocycles. The maximum Gasteiger partial charge on any atom is 0.343 e. The lowest BCUT2D eigenvalue weighted by molar-refractivity contribution is -0.148. The monoisotopic (exact) mass is 495 g/mol. The molecule has 9 heteroatoms. The lowest BCUT2D eigenvalue weighted by atomic mass is 10.0. The summed E-state index contributed by atoms with van der Waals surface area (Å²) in [7, 11) is 0. The van der Waals surface area contributed by atoms with Crippen molar-refractivity contribution in [2.75, 3.05) is 6.61 Å². The number of ether oxygens (including phenoxy) is 2. The van der Waals surface area contributed by atoms with Gasteiger partial charge in [0.15, 0.2) is 23.6 Å². The van der Waals surface area contributed by atoms with E-state index < -0.39 is 63.9 Å². The molecule has 36 heavy (non-hydrogen) atoms. The van der Waals surface area contributed by atoms with Crippen molar-refractivity contribution >= 4 is 22.8 Å². The Morgan fingerprint density at radius 1 is 0.917 bits per heavy atom. The lowest BCUT2D eigenvalue weighted by Gasteiger charge is -2.20. The van der Waals surface area contributed by atoms with Gasteiger partial charge in [-0.2, -0.15) is 0 Å². The molecule has 1 aromatic heterocycles. The fourth-order valence-corrected chi connectivity index (χ4v) is 3.83. The van der Waals surface area contributed by atoms with E-state index in [1.165, 1.54) is 6.92 Å².